The maximum atomic E-state index is 12.0. The number of ether oxygens (including phenoxy) is 1. The Kier molecular flexibility index (Phi) is 5.98. The number of anilines is 1. The first-order chi connectivity index (χ1) is 10.2. The molecule has 1 fully saturated rings. The Bertz CT molecular complexity index is 484. The molecule has 1 aliphatic heterocycles. The zero-order chi connectivity index (χ0) is 15.1. The minimum atomic E-state index is -0.299. The molecule has 0 saturated carbocycles. The van der Waals surface area contributed by atoms with Crippen LogP contribution >= 0.6 is 11.3 Å². The lowest BCUT2D eigenvalue weighted by Crippen LogP contribution is -2.36. The summed E-state index contributed by atoms with van der Waals surface area (Å²) in [6.07, 6.45) is 4.11. The van der Waals surface area contributed by atoms with E-state index in [9.17, 15) is 9.59 Å². The van der Waals surface area contributed by atoms with Crippen LogP contribution in [0.4, 0.5) is 5.13 Å². The lowest BCUT2D eigenvalue weighted by atomic mass is 10.1. The quantitative estimate of drug-likeness (QED) is 0.809. The molecule has 1 amide bonds. The highest BCUT2D eigenvalue weighted by atomic mass is 32.1. The third-order valence-electron chi connectivity index (χ3n) is 3.43. The van der Waals surface area contributed by atoms with Crippen LogP contribution in [0.15, 0.2) is 5.38 Å². The molecule has 2 heterocycles. The number of hydrogen-bond acceptors (Lipinski definition) is 6. The lowest BCUT2D eigenvalue weighted by Gasteiger charge is -2.26. The first kappa shape index (κ1) is 15.8. The number of aromatic nitrogens is 1. The molecule has 0 aromatic carbocycles. The number of carbonyl (C=O) groups excluding carboxylic acids is 2. The average molecular weight is 311 g/mol. The van der Waals surface area contributed by atoms with Gasteiger partial charge in [0.05, 0.1) is 19.2 Å². The average Bonchev–Trinajstić information content (AvgIpc) is 2.95. The molecule has 21 heavy (non-hydrogen) atoms. The van der Waals surface area contributed by atoms with Crippen molar-refractivity contribution >= 4 is 28.3 Å². The van der Waals surface area contributed by atoms with Gasteiger partial charge in [-0.3, -0.25) is 9.59 Å². The Balaban J connectivity index is 1.70. The van der Waals surface area contributed by atoms with Gasteiger partial charge >= 0.3 is 5.97 Å². The number of likely N-dealkylation sites (tertiary alicyclic amines) is 1. The van der Waals surface area contributed by atoms with E-state index in [0.29, 0.717) is 18.7 Å². The number of carbonyl (C=O) groups is 2. The van der Waals surface area contributed by atoms with Crippen molar-refractivity contribution in [3.63, 3.8) is 0 Å². The van der Waals surface area contributed by atoms with Gasteiger partial charge in [0, 0.05) is 31.4 Å². The molecule has 7 heteroatoms. The topological polar surface area (TPSA) is 71.5 Å². The normalized spacial score (nSPS) is 14.8. The summed E-state index contributed by atoms with van der Waals surface area (Å²) in [7, 11) is 1.36. The second-order valence-corrected chi connectivity index (χ2v) is 5.87. The number of hydrogen-bond donors (Lipinski definition) is 1. The summed E-state index contributed by atoms with van der Waals surface area (Å²) in [5.74, 6) is -0.0966. The summed E-state index contributed by atoms with van der Waals surface area (Å²) in [6.45, 7) is 2.35. The summed E-state index contributed by atoms with van der Waals surface area (Å²) in [5.41, 5.74) is 0.691. The summed E-state index contributed by atoms with van der Waals surface area (Å²) in [6, 6.07) is 0. The van der Waals surface area contributed by atoms with Crippen molar-refractivity contribution in [2.24, 2.45) is 0 Å². The van der Waals surface area contributed by atoms with E-state index < -0.39 is 0 Å². The van der Waals surface area contributed by atoms with Crippen molar-refractivity contribution in [2.45, 2.75) is 32.1 Å². The number of nitrogens with one attached hydrogen (secondary N) is 1. The minimum Gasteiger partial charge on any atom is -0.469 e. The van der Waals surface area contributed by atoms with Crippen LogP contribution in [0.5, 0.6) is 0 Å². The van der Waals surface area contributed by atoms with Crippen LogP contribution in [0.1, 0.15) is 31.4 Å². The van der Waals surface area contributed by atoms with Gasteiger partial charge in [0.1, 0.15) is 0 Å². The fraction of sp³-hybridized carbons (Fsp3) is 0.643. The van der Waals surface area contributed by atoms with E-state index in [0.717, 1.165) is 31.1 Å². The first-order valence-electron chi connectivity index (χ1n) is 7.22. The minimum absolute atomic E-state index is 0.182. The van der Waals surface area contributed by atoms with Gasteiger partial charge in [-0.15, -0.1) is 11.3 Å². The number of nitrogens with zero attached hydrogens (tertiary/aromatic N) is 2. The van der Waals surface area contributed by atoms with Crippen molar-refractivity contribution in [1.29, 1.82) is 0 Å². The van der Waals surface area contributed by atoms with E-state index in [-0.39, 0.29) is 18.3 Å². The highest BCUT2D eigenvalue weighted by molar-refractivity contribution is 7.13. The van der Waals surface area contributed by atoms with Crippen LogP contribution in [0.25, 0.3) is 0 Å². The second kappa shape index (κ2) is 7.97. The van der Waals surface area contributed by atoms with E-state index in [1.807, 2.05) is 10.3 Å². The molecular formula is C14H21N3O3S. The fourth-order valence-corrected chi connectivity index (χ4v) is 3.01. The highest BCUT2D eigenvalue weighted by Gasteiger charge is 2.16. The molecule has 0 radical (unpaired) electrons. The van der Waals surface area contributed by atoms with Gasteiger partial charge in [0.2, 0.25) is 5.91 Å². The second-order valence-electron chi connectivity index (χ2n) is 5.02. The molecule has 0 bridgehead atoms. The van der Waals surface area contributed by atoms with Gasteiger partial charge in [0.15, 0.2) is 5.13 Å². The molecule has 2 rings (SSSR count). The van der Waals surface area contributed by atoms with Crippen molar-refractivity contribution in [3.8, 4) is 0 Å². The molecule has 6 nitrogen and oxygen atoms in total. The van der Waals surface area contributed by atoms with Gasteiger partial charge in [-0.2, -0.15) is 0 Å². The number of rotatable bonds is 6. The van der Waals surface area contributed by atoms with E-state index in [4.69, 9.17) is 0 Å². The van der Waals surface area contributed by atoms with Gasteiger partial charge < -0.3 is 15.0 Å². The standard InChI is InChI=1S/C14H21N3O3S/c1-20-13(19)9-11-10-21-14(16-11)15-6-5-12(18)17-7-3-2-4-8-17/h10H,2-9H2,1H3,(H,15,16). The van der Waals surface area contributed by atoms with Gasteiger partial charge in [0.25, 0.3) is 0 Å². The smallest absolute Gasteiger partial charge is 0.311 e. The maximum Gasteiger partial charge on any atom is 0.311 e. The summed E-state index contributed by atoms with van der Waals surface area (Å²) in [5, 5.41) is 5.70. The third-order valence-corrected chi connectivity index (χ3v) is 4.28. The zero-order valence-corrected chi connectivity index (χ0v) is 13.1. The Morgan fingerprint density at radius 2 is 2.14 bits per heavy atom. The van der Waals surface area contributed by atoms with E-state index in [2.05, 4.69) is 15.0 Å². The first-order valence-corrected chi connectivity index (χ1v) is 8.10. The lowest BCUT2D eigenvalue weighted by molar-refractivity contribution is -0.139. The van der Waals surface area contributed by atoms with Crippen LogP contribution in [0, 0.1) is 0 Å². The summed E-state index contributed by atoms with van der Waals surface area (Å²) in [4.78, 5) is 29.4. The Morgan fingerprint density at radius 3 is 2.86 bits per heavy atom. The van der Waals surface area contributed by atoms with Crippen LogP contribution < -0.4 is 5.32 Å². The third kappa shape index (κ3) is 5.00. The van der Waals surface area contributed by atoms with Crippen LogP contribution in [0.2, 0.25) is 0 Å². The van der Waals surface area contributed by atoms with Crippen LogP contribution in [-0.4, -0.2) is 48.5 Å². The zero-order valence-electron chi connectivity index (χ0n) is 12.3. The van der Waals surface area contributed by atoms with Gasteiger partial charge in [-0.05, 0) is 19.3 Å². The molecule has 0 unspecified atom stereocenters. The molecule has 0 atom stereocenters. The number of amides is 1. The number of methoxy groups -OCH3 is 1. The highest BCUT2D eigenvalue weighted by Crippen LogP contribution is 2.16. The SMILES string of the molecule is COC(=O)Cc1csc(NCCC(=O)N2CCCCC2)n1. The molecule has 1 N–H and O–H groups in total. The molecule has 0 aliphatic carbocycles. The summed E-state index contributed by atoms with van der Waals surface area (Å²) < 4.78 is 4.60. The number of thiazole rings is 1. The van der Waals surface area contributed by atoms with Crippen molar-refractivity contribution in [3.05, 3.63) is 11.1 Å². The number of piperidine rings is 1. The molecule has 0 spiro atoms. The molecular weight excluding hydrogens is 290 g/mol. The van der Waals surface area contributed by atoms with Crippen LogP contribution in [-0.2, 0) is 20.7 Å². The molecule has 1 saturated heterocycles. The molecule has 1 aromatic heterocycles. The van der Waals surface area contributed by atoms with Gasteiger partial charge in [-0.1, -0.05) is 0 Å². The van der Waals surface area contributed by atoms with Crippen molar-refractivity contribution < 1.29 is 14.3 Å². The van der Waals surface area contributed by atoms with Crippen LogP contribution in [0.3, 0.4) is 0 Å². The monoisotopic (exact) mass is 311 g/mol. The Morgan fingerprint density at radius 1 is 1.38 bits per heavy atom. The van der Waals surface area contributed by atoms with Crippen molar-refractivity contribution in [2.75, 3.05) is 32.1 Å². The number of esters is 1. The summed E-state index contributed by atoms with van der Waals surface area (Å²) >= 11 is 1.43. The molecule has 1 aromatic rings. The molecule has 1 aliphatic rings. The van der Waals surface area contributed by atoms with Crippen molar-refractivity contribution in [1.82, 2.24) is 9.88 Å². The Labute approximate surface area is 128 Å². The van der Waals surface area contributed by atoms with Gasteiger partial charge in [-0.25, -0.2) is 4.98 Å². The van der Waals surface area contributed by atoms with E-state index in [1.54, 1.807) is 0 Å². The van der Waals surface area contributed by atoms with E-state index >= 15 is 0 Å². The maximum absolute atomic E-state index is 12.0. The fourth-order valence-electron chi connectivity index (χ4n) is 2.27. The largest absolute Gasteiger partial charge is 0.469 e. The van der Waals surface area contributed by atoms with E-state index in [1.165, 1.54) is 24.9 Å². The molecule has 116 valence electrons. The Hall–Kier alpha value is -1.63. The predicted molar refractivity (Wildman–Crippen MR) is 81.4 cm³/mol. The predicted octanol–water partition coefficient (Wildman–Crippen LogP) is 1.67.